The Bertz CT molecular complexity index is 609. The van der Waals surface area contributed by atoms with Crippen molar-refractivity contribution in [3.8, 4) is 0 Å². The molecule has 0 aliphatic rings. The molecule has 1 aromatic carbocycles. The second-order valence-corrected chi connectivity index (χ2v) is 4.42. The summed E-state index contributed by atoms with van der Waals surface area (Å²) in [5.74, 6) is 0.340. The van der Waals surface area contributed by atoms with E-state index in [2.05, 4.69) is 15.0 Å². The van der Waals surface area contributed by atoms with E-state index in [4.69, 9.17) is 5.73 Å². The van der Waals surface area contributed by atoms with Gasteiger partial charge in [0.25, 0.3) is 0 Å². The highest BCUT2D eigenvalue weighted by Gasteiger charge is 2.10. The maximum absolute atomic E-state index is 11.5. The fraction of sp³-hybridized carbons (Fsp3) is 0.200. The SMILES string of the molecule is COC(=O)c1ccc(NCc2ccc(N)cc2)nc1C. The zero-order chi connectivity index (χ0) is 14.5. The van der Waals surface area contributed by atoms with Crippen molar-refractivity contribution in [1.29, 1.82) is 0 Å². The number of esters is 1. The highest BCUT2D eigenvalue weighted by atomic mass is 16.5. The van der Waals surface area contributed by atoms with Crippen LogP contribution in [0.4, 0.5) is 11.5 Å². The number of anilines is 2. The highest BCUT2D eigenvalue weighted by Crippen LogP contribution is 2.13. The van der Waals surface area contributed by atoms with Gasteiger partial charge in [-0.1, -0.05) is 12.1 Å². The zero-order valence-corrected chi connectivity index (χ0v) is 11.5. The number of ether oxygens (including phenoxy) is 1. The van der Waals surface area contributed by atoms with Crippen LogP contribution in [0.2, 0.25) is 0 Å². The number of carbonyl (C=O) groups is 1. The Morgan fingerprint density at radius 1 is 1.25 bits per heavy atom. The van der Waals surface area contributed by atoms with E-state index in [-0.39, 0.29) is 5.97 Å². The fourth-order valence-corrected chi connectivity index (χ4v) is 1.81. The Hall–Kier alpha value is -2.56. The molecule has 0 fully saturated rings. The fourth-order valence-electron chi connectivity index (χ4n) is 1.81. The van der Waals surface area contributed by atoms with Crippen LogP contribution in [0, 0.1) is 6.92 Å². The molecular weight excluding hydrogens is 254 g/mol. The average molecular weight is 271 g/mol. The van der Waals surface area contributed by atoms with E-state index in [9.17, 15) is 4.79 Å². The third kappa shape index (κ3) is 3.26. The number of nitrogens with one attached hydrogen (secondary N) is 1. The Kier molecular flexibility index (Phi) is 4.20. The second-order valence-electron chi connectivity index (χ2n) is 4.42. The number of aromatic nitrogens is 1. The van der Waals surface area contributed by atoms with Gasteiger partial charge in [-0.2, -0.15) is 0 Å². The summed E-state index contributed by atoms with van der Waals surface area (Å²) in [5.41, 5.74) is 8.60. The molecule has 0 amide bonds. The molecule has 5 nitrogen and oxygen atoms in total. The summed E-state index contributed by atoms with van der Waals surface area (Å²) in [6, 6.07) is 11.1. The van der Waals surface area contributed by atoms with Gasteiger partial charge in [0.15, 0.2) is 0 Å². The van der Waals surface area contributed by atoms with Gasteiger partial charge in [0.2, 0.25) is 0 Å². The number of hydrogen-bond acceptors (Lipinski definition) is 5. The molecule has 20 heavy (non-hydrogen) atoms. The maximum atomic E-state index is 11.5. The first-order chi connectivity index (χ1) is 9.60. The van der Waals surface area contributed by atoms with Crippen LogP contribution >= 0.6 is 0 Å². The van der Waals surface area contributed by atoms with E-state index in [0.29, 0.717) is 23.6 Å². The van der Waals surface area contributed by atoms with Crippen LogP contribution in [-0.4, -0.2) is 18.1 Å². The minimum atomic E-state index is -0.375. The predicted octanol–water partition coefficient (Wildman–Crippen LogP) is 2.37. The van der Waals surface area contributed by atoms with E-state index in [0.717, 1.165) is 11.3 Å². The van der Waals surface area contributed by atoms with Crippen molar-refractivity contribution >= 4 is 17.5 Å². The first-order valence-electron chi connectivity index (χ1n) is 6.24. The minimum Gasteiger partial charge on any atom is -0.465 e. The lowest BCUT2D eigenvalue weighted by molar-refractivity contribution is 0.0599. The summed E-state index contributed by atoms with van der Waals surface area (Å²) in [5, 5.41) is 3.20. The lowest BCUT2D eigenvalue weighted by Crippen LogP contribution is -2.08. The second kappa shape index (κ2) is 6.06. The van der Waals surface area contributed by atoms with Gasteiger partial charge in [-0.05, 0) is 36.8 Å². The van der Waals surface area contributed by atoms with E-state index in [1.807, 2.05) is 24.3 Å². The zero-order valence-electron chi connectivity index (χ0n) is 11.5. The summed E-state index contributed by atoms with van der Waals surface area (Å²) in [6.45, 7) is 2.42. The van der Waals surface area contributed by atoms with Gasteiger partial charge in [0, 0.05) is 12.2 Å². The molecule has 0 saturated carbocycles. The number of nitrogen functional groups attached to an aromatic ring is 1. The average Bonchev–Trinajstić information content (AvgIpc) is 2.46. The van der Waals surface area contributed by atoms with Gasteiger partial charge in [-0.15, -0.1) is 0 Å². The molecule has 1 aromatic heterocycles. The van der Waals surface area contributed by atoms with Gasteiger partial charge in [0.1, 0.15) is 5.82 Å². The number of aryl methyl sites for hydroxylation is 1. The minimum absolute atomic E-state index is 0.375. The maximum Gasteiger partial charge on any atom is 0.339 e. The predicted molar refractivity (Wildman–Crippen MR) is 78.5 cm³/mol. The van der Waals surface area contributed by atoms with Crippen molar-refractivity contribution in [2.24, 2.45) is 0 Å². The Labute approximate surface area is 117 Å². The molecule has 0 atom stereocenters. The molecule has 3 N–H and O–H groups in total. The standard InChI is InChI=1S/C15H17N3O2/c1-10-13(15(19)20-2)7-8-14(18-10)17-9-11-3-5-12(16)6-4-11/h3-8H,9,16H2,1-2H3,(H,17,18). The number of hydrogen-bond donors (Lipinski definition) is 2. The largest absolute Gasteiger partial charge is 0.465 e. The lowest BCUT2D eigenvalue weighted by Gasteiger charge is -2.09. The molecule has 1 heterocycles. The number of nitrogens with zero attached hydrogens (tertiary/aromatic N) is 1. The molecule has 2 aromatic rings. The van der Waals surface area contributed by atoms with Crippen LogP contribution in [0.15, 0.2) is 36.4 Å². The van der Waals surface area contributed by atoms with Crippen molar-refractivity contribution in [3.63, 3.8) is 0 Å². The number of carbonyl (C=O) groups excluding carboxylic acids is 1. The van der Waals surface area contributed by atoms with E-state index in [1.54, 1.807) is 19.1 Å². The van der Waals surface area contributed by atoms with Gasteiger partial charge in [-0.3, -0.25) is 0 Å². The molecule has 0 saturated heterocycles. The van der Waals surface area contributed by atoms with Crippen molar-refractivity contribution in [2.75, 3.05) is 18.2 Å². The third-order valence-electron chi connectivity index (χ3n) is 2.94. The van der Waals surface area contributed by atoms with Crippen LogP contribution in [0.5, 0.6) is 0 Å². The molecule has 0 radical (unpaired) electrons. The van der Waals surface area contributed by atoms with E-state index in [1.165, 1.54) is 7.11 Å². The molecule has 0 aliphatic carbocycles. The number of benzene rings is 1. The molecule has 104 valence electrons. The first-order valence-corrected chi connectivity index (χ1v) is 6.24. The summed E-state index contributed by atoms with van der Waals surface area (Å²) >= 11 is 0. The van der Waals surface area contributed by atoms with Crippen molar-refractivity contribution in [3.05, 3.63) is 53.2 Å². The van der Waals surface area contributed by atoms with Gasteiger partial charge >= 0.3 is 5.97 Å². The topological polar surface area (TPSA) is 77.2 Å². The Morgan fingerprint density at radius 2 is 1.95 bits per heavy atom. The summed E-state index contributed by atoms with van der Waals surface area (Å²) in [4.78, 5) is 15.8. The molecule has 0 unspecified atom stereocenters. The normalized spacial score (nSPS) is 10.1. The summed E-state index contributed by atoms with van der Waals surface area (Å²) in [7, 11) is 1.36. The van der Waals surface area contributed by atoms with Gasteiger partial charge in [0.05, 0.1) is 18.4 Å². The quantitative estimate of drug-likeness (QED) is 0.659. The van der Waals surface area contributed by atoms with Crippen LogP contribution in [0.3, 0.4) is 0 Å². The number of methoxy groups -OCH3 is 1. The summed E-state index contributed by atoms with van der Waals surface area (Å²) < 4.78 is 4.69. The molecule has 5 heteroatoms. The van der Waals surface area contributed by atoms with Crippen molar-refractivity contribution in [1.82, 2.24) is 4.98 Å². The monoisotopic (exact) mass is 271 g/mol. The molecule has 0 spiro atoms. The Morgan fingerprint density at radius 3 is 2.55 bits per heavy atom. The van der Waals surface area contributed by atoms with Crippen molar-refractivity contribution < 1.29 is 9.53 Å². The van der Waals surface area contributed by atoms with E-state index < -0.39 is 0 Å². The highest BCUT2D eigenvalue weighted by molar-refractivity contribution is 5.90. The molecule has 0 aliphatic heterocycles. The van der Waals surface area contributed by atoms with Crippen LogP contribution in [0.25, 0.3) is 0 Å². The van der Waals surface area contributed by atoms with Gasteiger partial charge < -0.3 is 15.8 Å². The third-order valence-corrected chi connectivity index (χ3v) is 2.94. The smallest absolute Gasteiger partial charge is 0.339 e. The molecule has 0 bridgehead atoms. The molecular formula is C15H17N3O2. The van der Waals surface area contributed by atoms with Gasteiger partial charge in [-0.25, -0.2) is 9.78 Å². The molecule has 2 rings (SSSR count). The van der Waals surface area contributed by atoms with E-state index >= 15 is 0 Å². The lowest BCUT2D eigenvalue weighted by atomic mass is 10.2. The van der Waals surface area contributed by atoms with Crippen molar-refractivity contribution in [2.45, 2.75) is 13.5 Å². The van der Waals surface area contributed by atoms with Crippen LogP contribution in [-0.2, 0) is 11.3 Å². The van der Waals surface area contributed by atoms with Crippen LogP contribution < -0.4 is 11.1 Å². The number of rotatable bonds is 4. The van der Waals surface area contributed by atoms with Crippen LogP contribution in [0.1, 0.15) is 21.6 Å². The summed E-state index contributed by atoms with van der Waals surface area (Å²) in [6.07, 6.45) is 0. The Balaban J connectivity index is 2.05. The first kappa shape index (κ1) is 13.9. The number of pyridine rings is 1. The number of nitrogens with two attached hydrogens (primary N) is 1.